The van der Waals surface area contributed by atoms with E-state index in [1.54, 1.807) is 0 Å². The summed E-state index contributed by atoms with van der Waals surface area (Å²) in [5.41, 5.74) is 2.18. The second-order valence-corrected chi connectivity index (χ2v) is 5.70. The van der Waals surface area contributed by atoms with Crippen LogP contribution >= 0.6 is 0 Å². The minimum Gasteiger partial charge on any atom is -0.379 e. The first-order valence-corrected chi connectivity index (χ1v) is 6.53. The van der Waals surface area contributed by atoms with Gasteiger partial charge in [-0.3, -0.25) is 4.79 Å². The number of nitrogens with zero attached hydrogens (tertiary/aromatic N) is 1. The highest BCUT2D eigenvalue weighted by molar-refractivity contribution is 5.83. The van der Waals surface area contributed by atoms with Crippen LogP contribution in [0.5, 0.6) is 0 Å². The molecule has 1 unspecified atom stereocenters. The summed E-state index contributed by atoms with van der Waals surface area (Å²) in [6.07, 6.45) is -2.15. The van der Waals surface area contributed by atoms with Crippen molar-refractivity contribution < 1.29 is 23.1 Å². The van der Waals surface area contributed by atoms with E-state index in [-0.39, 0.29) is 19.0 Å². The van der Waals surface area contributed by atoms with Crippen molar-refractivity contribution in [2.45, 2.75) is 43.9 Å². The van der Waals surface area contributed by atoms with Gasteiger partial charge in [0.25, 0.3) is 0 Å². The van der Waals surface area contributed by atoms with Crippen molar-refractivity contribution >= 4 is 5.91 Å². The van der Waals surface area contributed by atoms with Gasteiger partial charge in [0.15, 0.2) is 5.60 Å². The third-order valence-electron chi connectivity index (χ3n) is 4.47. The maximum absolute atomic E-state index is 12.7. The third kappa shape index (κ3) is 2.33. The molecule has 2 aliphatic rings. The zero-order valence-electron chi connectivity index (χ0n) is 10.7. The van der Waals surface area contributed by atoms with Gasteiger partial charge in [0.2, 0.25) is 5.91 Å². The van der Waals surface area contributed by atoms with Crippen LogP contribution in [-0.2, 0) is 4.79 Å². The van der Waals surface area contributed by atoms with Crippen molar-refractivity contribution in [1.82, 2.24) is 4.90 Å². The summed E-state index contributed by atoms with van der Waals surface area (Å²) in [6.45, 7) is -0.569. The highest BCUT2D eigenvalue weighted by atomic mass is 19.4. The molecule has 2 rings (SSSR count). The van der Waals surface area contributed by atoms with Gasteiger partial charge in [-0.15, -0.1) is 0 Å². The highest BCUT2D eigenvalue weighted by Crippen LogP contribution is 2.42. The van der Waals surface area contributed by atoms with E-state index in [1.807, 2.05) is 0 Å². The average molecular weight is 280 g/mol. The quantitative estimate of drug-likeness (QED) is 0.794. The van der Waals surface area contributed by atoms with Crippen LogP contribution in [0, 0.1) is 5.41 Å². The first-order valence-electron chi connectivity index (χ1n) is 6.53. The Labute approximate surface area is 109 Å². The number of halogens is 3. The van der Waals surface area contributed by atoms with Crippen LogP contribution in [0.15, 0.2) is 0 Å². The van der Waals surface area contributed by atoms with Crippen molar-refractivity contribution in [2.75, 3.05) is 19.6 Å². The number of rotatable bonds is 2. The topological polar surface area (TPSA) is 66.6 Å². The predicted molar refractivity (Wildman–Crippen MR) is 62.2 cm³/mol. The van der Waals surface area contributed by atoms with Gasteiger partial charge in [-0.1, -0.05) is 12.8 Å². The number of amides is 1. The Hall–Kier alpha value is -0.820. The maximum atomic E-state index is 12.7. The van der Waals surface area contributed by atoms with Crippen LogP contribution in [0.25, 0.3) is 0 Å². The zero-order valence-corrected chi connectivity index (χ0v) is 10.7. The molecule has 1 heterocycles. The summed E-state index contributed by atoms with van der Waals surface area (Å²) >= 11 is 0. The van der Waals surface area contributed by atoms with Gasteiger partial charge in [-0.2, -0.15) is 13.2 Å². The number of hydrogen-bond donors (Lipinski definition) is 2. The maximum Gasteiger partial charge on any atom is 0.419 e. The third-order valence-corrected chi connectivity index (χ3v) is 4.47. The fraction of sp³-hybridized carbons (Fsp3) is 0.917. The first kappa shape index (κ1) is 14.6. The molecule has 4 nitrogen and oxygen atoms in total. The van der Waals surface area contributed by atoms with E-state index < -0.39 is 30.2 Å². The van der Waals surface area contributed by atoms with Gasteiger partial charge in [0, 0.05) is 19.5 Å². The lowest BCUT2D eigenvalue weighted by molar-refractivity contribution is -0.253. The molecular formula is C12H19F3N2O2. The van der Waals surface area contributed by atoms with Gasteiger partial charge >= 0.3 is 6.18 Å². The molecule has 1 aliphatic heterocycles. The molecule has 3 N–H and O–H groups in total. The van der Waals surface area contributed by atoms with Crippen LogP contribution in [0.3, 0.4) is 0 Å². The number of nitrogens with two attached hydrogens (primary N) is 1. The van der Waals surface area contributed by atoms with E-state index in [0.717, 1.165) is 17.7 Å². The number of alkyl halides is 3. The van der Waals surface area contributed by atoms with Gasteiger partial charge in [0.1, 0.15) is 0 Å². The normalized spacial score (nSPS) is 30.9. The fourth-order valence-corrected chi connectivity index (χ4v) is 3.09. The molecule has 1 atom stereocenters. The number of hydrogen-bond acceptors (Lipinski definition) is 3. The van der Waals surface area contributed by atoms with E-state index in [2.05, 4.69) is 0 Å². The molecule has 110 valence electrons. The lowest BCUT2D eigenvalue weighted by atomic mass is 9.84. The molecule has 0 aromatic rings. The van der Waals surface area contributed by atoms with Crippen LogP contribution in [0.1, 0.15) is 32.1 Å². The lowest BCUT2D eigenvalue weighted by Crippen LogP contribution is -2.51. The van der Waals surface area contributed by atoms with Gasteiger partial charge in [0.05, 0.1) is 12.0 Å². The van der Waals surface area contributed by atoms with Gasteiger partial charge in [-0.25, -0.2) is 0 Å². The van der Waals surface area contributed by atoms with Crippen molar-refractivity contribution in [1.29, 1.82) is 0 Å². The van der Waals surface area contributed by atoms with E-state index in [9.17, 15) is 23.1 Å². The van der Waals surface area contributed by atoms with Crippen LogP contribution in [0.2, 0.25) is 0 Å². The summed E-state index contributed by atoms with van der Waals surface area (Å²) in [4.78, 5) is 13.5. The van der Waals surface area contributed by atoms with Crippen molar-refractivity contribution in [3.63, 3.8) is 0 Å². The predicted octanol–water partition coefficient (Wildman–Crippen LogP) is 1.03. The molecule has 0 aromatic heterocycles. The summed E-state index contributed by atoms with van der Waals surface area (Å²) < 4.78 is 38.2. The van der Waals surface area contributed by atoms with E-state index in [1.165, 1.54) is 0 Å². The Morgan fingerprint density at radius 3 is 2.26 bits per heavy atom. The van der Waals surface area contributed by atoms with Gasteiger partial charge in [-0.05, 0) is 12.8 Å². The zero-order chi connectivity index (χ0) is 14.3. The Kier molecular flexibility index (Phi) is 3.55. The van der Waals surface area contributed by atoms with Crippen LogP contribution < -0.4 is 5.73 Å². The lowest BCUT2D eigenvalue weighted by Gasteiger charge is -2.32. The number of aliphatic hydroxyl groups is 1. The Morgan fingerprint density at radius 1 is 1.26 bits per heavy atom. The number of likely N-dealkylation sites (tertiary alicyclic amines) is 1. The van der Waals surface area contributed by atoms with E-state index >= 15 is 0 Å². The van der Waals surface area contributed by atoms with E-state index in [4.69, 9.17) is 5.73 Å². The molecule has 7 heteroatoms. The average Bonchev–Trinajstić information content (AvgIpc) is 2.95. The van der Waals surface area contributed by atoms with Crippen molar-refractivity contribution in [3.05, 3.63) is 0 Å². The minimum absolute atomic E-state index is 0.0589. The molecule has 1 saturated heterocycles. The molecular weight excluding hydrogens is 261 g/mol. The molecule has 0 bridgehead atoms. The Balaban J connectivity index is 2.11. The smallest absolute Gasteiger partial charge is 0.379 e. The molecule has 0 aromatic carbocycles. The number of carbonyl (C=O) groups is 1. The minimum atomic E-state index is -4.70. The number of β-amino-alcohol motifs (C(OH)–C–C–N with tert-alkyl or cyclic N) is 1. The summed E-state index contributed by atoms with van der Waals surface area (Å²) in [5, 5.41) is 9.60. The SMILES string of the molecule is NCC1(C(=O)N2CCC(O)(C(F)(F)F)C2)CCCC1. The standard InChI is InChI=1S/C12H19F3N2O2/c13-12(14,15)11(19)5-6-17(8-11)9(18)10(7-16)3-1-2-4-10/h19H,1-8,16H2. The van der Waals surface area contributed by atoms with Crippen molar-refractivity contribution in [3.8, 4) is 0 Å². The Bertz CT molecular complexity index is 366. The van der Waals surface area contributed by atoms with Gasteiger partial charge < -0.3 is 15.7 Å². The monoisotopic (exact) mass is 280 g/mol. The molecule has 19 heavy (non-hydrogen) atoms. The van der Waals surface area contributed by atoms with Crippen molar-refractivity contribution in [2.24, 2.45) is 11.1 Å². The first-order chi connectivity index (χ1) is 8.74. The molecule has 2 fully saturated rings. The summed E-state index contributed by atoms with van der Waals surface area (Å²) in [5.74, 6) is -0.326. The highest BCUT2D eigenvalue weighted by Gasteiger charge is 2.59. The second kappa shape index (κ2) is 4.63. The largest absolute Gasteiger partial charge is 0.419 e. The van der Waals surface area contributed by atoms with Crippen LogP contribution in [0.4, 0.5) is 13.2 Å². The molecule has 1 saturated carbocycles. The van der Waals surface area contributed by atoms with E-state index in [0.29, 0.717) is 12.8 Å². The molecule has 1 aliphatic carbocycles. The Morgan fingerprint density at radius 2 is 1.84 bits per heavy atom. The van der Waals surface area contributed by atoms with Crippen LogP contribution in [-0.4, -0.2) is 47.3 Å². The summed E-state index contributed by atoms with van der Waals surface area (Å²) in [6, 6.07) is 0. The number of carbonyl (C=O) groups excluding carboxylic acids is 1. The fourth-order valence-electron chi connectivity index (χ4n) is 3.09. The second-order valence-electron chi connectivity index (χ2n) is 5.70. The molecule has 1 amide bonds. The summed E-state index contributed by atoms with van der Waals surface area (Å²) in [7, 11) is 0. The molecule has 0 radical (unpaired) electrons. The molecule has 0 spiro atoms.